The van der Waals surface area contributed by atoms with Crippen LogP contribution in [0.3, 0.4) is 0 Å². The van der Waals surface area contributed by atoms with E-state index in [1.54, 1.807) is 0 Å². The number of amides is 1. The van der Waals surface area contributed by atoms with Crippen LogP contribution in [-0.4, -0.2) is 36.0 Å². The van der Waals surface area contributed by atoms with E-state index < -0.39 is 0 Å². The molecular formula is C16H24N4O. The normalized spacial score (nSPS) is 25.4. The number of nitrogens with zero attached hydrogens (tertiary/aromatic N) is 1. The zero-order valence-corrected chi connectivity index (χ0v) is 12.6. The van der Waals surface area contributed by atoms with Gasteiger partial charge in [-0.2, -0.15) is 0 Å². The first kappa shape index (κ1) is 14.4. The van der Waals surface area contributed by atoms with Crippen molar-refractivity contribution in [2.24, 2.45) is 5.84 Å². The molecule has 1 amide bonds. The highest BCUT2D eigenvalue weighted by molar-refractivity contribution is 6.00. The minimum Gasteiger partial charge on any atom is -0.348 e. The Hall–Kier alpha value is -1.59. The summed E-state index contributed by atoms with van der Waals surface area (Å²) >= 11 is 0. The van der Waals surface area contributed by atoms with Gasteiger partial charge in [0.15, 0.2) is 0 Å². The lowest BCUT2D eigenvalue weighted by atomic mass is 9.98. The second kappa shape index (κ2) is 6.03. The Kier molecular flexibility index (Phi) is 4.12. The summed E-state index contributed by atoms with van der Waals surface area (Å²) in [7, 11) is 0. The molecular weight excluding hydrogens is 264 g/mol. The summed E-state index contributed by atoms with van der Waals surface area (Å²) in [5.41, 5.74) is 4.98. The number of piperidine rings is 1. The molecule has 1 aromatic carbocycles. The summed E-state index contributed by atoms with van der Waals surface area (Å²) in [5.74, 6) is 5.49. The third-order valence-corrected chi connectivity index (χ3v) is 4.75. The molecule has 2 unspecified atom stereocenters. The Balaban J connectivity index is 1.73. The van der Waals surface area contributed by atoms with Gasteiger partial charge in [-0.3, -0.25) is 15.5 Å². The summed E-state index contributed by atoms with van der Waals surface area (Å²) in [6.07, 6.45) is 4.80. The number of hydrazine groups is 1. The van der Waals surface area contributed by atoms with Crippen LogP contribution >= 0.6 is 0 Å². The Morgan fingerprint density at radius 1 is 1.29 bits per heavy atom. The van der Waals surface area contributed by atoms with Crippen molar-refractivity contribution in [3.8, 4) is 0 Å². The molecule has 114 valence electrons. The standard InChI is InChI=1S/C16H24N4O/c1-11-5-6-13(19-17)12(10-11)16(21)18-14-7-9-20-8-3-2-4-15(14)20/h5-6,10,14-15,19H,2-4,7-9,17H2,1H3,(H,18,21). The van der Waals surface area contributed by atoms with Crippen molar-refractivity contribution in [3.05, 3.63) is 29.3 Å². The number of hydrogen-bond acceptors (Lipinski definition) is 4. The molecule has 0 spiro atoms. The molecule has 4 N–H and O–H groups in total. The van der Waals surface area contributed by atoms with E-state index in [2.05, 4.69) is 15.6 Å². The molecule has 5 nitrogen and oxygen atoms in total. The molecule has 0 aliphatic carbocycles. The van der Waals surface area contributed by atoms with E-state index in [1.807, 2.05) is 25.1 Å². The fourth-order valence-corrected chi connectivity index (χ4v) is 3.63. The molecule has 2 fully saturated rings. The number of anilines is 1. The molecule has 2 heterocycles. The molecule has 2 aliphatic rings. The van der Waals surface area contributed by atoms with E-state index in [4.69, 9.17) is 5.84 Å². The zero-order valence-electron chi connectivity index (χ0n) is 12.6. The van der Waals surface area contributed by atoms with Gasteiger partial charge < -0.3 is 10.7 Å². The number of fused-ring (bicyclic) bond motifs is 1. The van der Waals surface area contributed by atoms with Gasteiger partial charge in [0.2, 0.25) is 0 Å². The molecule has 2 saturated heterocycles. The first-order valence-electron chi connectivity index (χ1n) is 7.81. The molecule has 2 atom stereocenters. The number of benzene rings is 1. The number of rotatable bonds is 3. The molecule has 0 saturated carbocycles. The summed E-state index contributed by atoms with van der Waals surface area (Å²) in [4.78, 5) is 15.1. The van der Waals surface area contributed by atoms with Crippen molar-refractivity contribution in [3.63, 3.8) is 0 Å². The van der Waals surface area contributed by atoms with Crippen molar-refractivity contribution in [1.82, 2.24) is 10.2 Å². The van der Waals surface area contributed by atoms with Gasteiger partial charge in [0.25, 0.3) is 5.91 Å². The summed E-state index contributed by atoms with van der Waals surface area (Å²) in [6, 6.07) is 6.47. The molecule has 0 radical (unpaired) electrons. The SMILES string of the molecule is Cc1ccc(NN)c(C(=O)NC2CCN3CCCCC23)c1. The summed E-state index contributed by atoms with van der Waals surface area (Å²) in [6.45, 7) is 4.26. The maximum absolute atomic E-state index is 12.6. The Morgan fingerprint density at radius 2 is 2.14 bits per heavy atom. The highest BCUT2D eigenvalue weighted by Crippen LogP contribution is 2.27. The van der Waals surface area contributed by atoms with Crippen LogP contribution in [0.2, 0.25) is 0 Å². The van der Waals surface area contributed by atoms with E-state index in [0.717, 1.165) is 18.5 Å². The average Bonchev–Trinajstić information content (AvgIpc) is 2.90. The lowest BCUT2D eigenvalue weighted by molar-refractivity contribution is 0.0916. The van der Waals surface area contributed by atoms with Gasteiger partial charge in [-0.1, -0.05) is 18.1 Å². The van der Waals surface area contributed by atoms with Gasteiger partial charge in [-0.25, -0.2) is 0 Å². The highest BCUT2D eigenvalue weighted by Gasteiger charge is 2.36. The molecule has 2 aliphatic heterocycles. The number of carbonyl (C=O) groups excluding carboxylic acids is 1. The van der Waals surface area contributed by atoms with Gasteiger partial charge in [0, 0.05) is 18.6 Å². The van der Waals surface area contributed by atoms with Crippen molar-refractivity contribution in [2.45, 2.75) is 44.7 Å². The second-order valence-electron chi connectivity index (χ2n) is 6.16. The zero-order chi connectivity index (χ0) is 14.8. The van der Waals surface area contributed by atoms with Gasteiger partial charge in [0.1, 0.15) is 0 Å². The summed E-state index contributed by atoms with van der Waals surface area (Å²) < 4.78 is 0. The molecule has 3 rings (SSSR count). The lowest BCUT2D eigenvalue weighted by Crippen LogP contribution is -2.46. The van der Waals surface area contributed by atoms with Crippen LogP contribution in [0.25, 0.3) is 0 Å². The van der Waals surface area contributed by atoms with E-state index in [9.17, 15) is 4.79 Å². The third-order valence-electron chi connectivity index (χ3n) is 4.75. The lowest BCUT2D eigenvalue weighted by Gasteiger charge is -2.32. The van der Waals surface area contributed by atoms with Crippen LogP contribution in [0.15, 0.2) is 18.2 Å². The highest BCUT2D eigenvalue weighted by atomic mass is 16.1. The van der Waals surface area contributed by atoms with Crippen LogP contribution in [-0.2, 0) is 0 Å². The monoisotopic (exact) mass is 288 g/mol. The molecule has 0 aromatic heterocycles. The quantitative estimate of drug-likeness (QED) is 0.584. The minimum absolute atomic E-state index is 0.0240. The maximum atomic E-state index is 12.6. The predicted octanol–water partition coefficient (Wildman–Crippen LogP) is 1.64. The van der Waals surface area contributed by atoms with E-state index >= 15 is 0 Å². The minimum atomic E-state index is -0.0240. The van der Waals surface area contributed by atoms with E-state index in [-0.39, 0.29) is 11.9 Å². The Bertz CT molecular complexity index is 531. The maximum Gasteiger partial charge on any atom is 0.253 e. The van der Waals surface area contributed by atoms with Crippen molar-refractivity contribution >= 4 is 11.6 Å². The fraction of sp³-hybridized carbons (Fsp3) is 0.562. The van der Waals surface area contributed by atoms with Crippen molar-refractivity contribution < 1.29 is 4.79 Å². The van der Waals surface area contributed by atoms with Gasteiger partial charge in [0.05, 0.1) is 11.3 Å². The number of hydrogen-bond donors (Lipinski definition) is 3. The number of carbonyl (C=O) groups is 1. The number of nitrogens with two attached hydrogens (primary N) is 1. The second-order valence-corrected chi connectivity index (χ2v) is 6.16. The van der Waals surface area contributed by atoms with Crippen LogP contribution in [0, 0.1) is 6.92 Å². The topological polar surface area (TPSA) is 70.4 Å². The fourth-order valence-electron chi connectivity index (χ4n) is 3.63. The molecule has 5 heteroatoms. The first-order valence-corrected chi connectivity index (χ1v) is 7.81. The van der Waals surface area contributed by atoms with Gasteiger partial charge in [-0.05, 0) is 44.9 Å². The number of nitrogen functional groups attached to an aromatic ring is 1. The number of aryl methyl sites for hydroxylation is 1. The average molecular weight is 288 g/mol. The number of nitrogens with one attached hydrogen (secondary N) is 2. The van der Waals surface area contributed by atoms with Crippen LogP contribution in [0.5, 0.6) is 0 Å². The van der Waals surface area contributed by atoms with Crippen LogP contribution < -0.4 is 16.6 Å². The van der Waals surface area contributed by atoms with E-state index in [0.29, 0.717) is 17.3 Å². The molecule has 0 bridgehead atoms. The van der Waals surface area contributed by atoms with E-state index in [1.165, 1.54) is 25.8 Å². The Labute approximate surface area is 125 Å². The van der Waals surface area contributed by atoms with Gasteiger partial charge >= 0.3 is 0 Å². The van der Waals surface area contributed by atoms with Crippen molar-refractivity contribution in [2.75, 3.05) is 18.5 Å². The molecule has 1 aromatic rings. The third kappa shape index (κ3) is 2.89. The predicted molar refractivity (Wildman–Crippen MR) is 84.1 cm³/mol. The van der Waals surface area contributed by atoms with Crippen molar-refractivity contribution in [1.29, 1.82) is 0 Å². The largest absolute Gasteiger partial charge is 0.348 e. The summed E-state index contributed by atoms with van der Waals surface area (Å²) in [5, 5.41) is 3.22. The Morgan fingerprint density at radius 3 is 2.95 bits per heavy atom. The van der Waals surface area contributed by atoms with Crippen LogP contribution in [0.1, 0.15) is 41.6 Å². The first-order chi connectivity index (χ1) is 10.2. The smallest absolute Gasteiger partial charge is 0.253 e. The van der Waals surface area contributed by atoms with Crippen LogP contribution in [0.4, 0.5) is 5.69 Å². The van der Waals surface area contributed by atoms with Gasteiger partial charge in [-0.15, -0.1) is 0 Å². The molecule has 21 heavy (non-hydrogen) atoms.